The van der Waals surface area contributed by atoms with Crippen LogP contribution in [0.1, 0.15) is 62.5 Å². The molecule has 0 atom stereocenters. The Labute approximate surface area is 223 Å². The first-order valence-electron chi connectivity index (χ1n) is 13.2. The number of carbonyl (C=O) groups excluding carboxylic acids is 1. The average molecular weight is 522 g/mol. The van der Waals surface area contributed by atoms with Gasteiger partial charge in [-0.1, -0.05) is 33.8 Å². The molecule has 2 aromatic carbocycles. The smallest absolute Gasteiger partial charge is 0.251 e. The van der Waals surface area contributed by atoms with Crippen molar-refractivity contribution in [3.05, 3.63) is 89.9 Å². The zero-order chi connectivity index (χ0) is 27.5. The van der Waals surface area contributed by atoms with Crippen molar-refractivity contribution in [1.29, 1.82) is 0 Å². The van der Waals surface area contributed by atoms with Crippen LogP contribution < -0.4 is 10.6 Å². The van der Waals surface area contributed by atoms with E-state index in [9.17, 15) is 13.6 Å². The molecule has 0 fully saturated rings. The first-order chi connectivity index (χ1) is 18.4. The molecule has 7 heteroatoms. The molecule has 0 bridgehead atoms. The number of rotatable bonds is 10. The largest absolute Gasteiger partial charge is 0.381 e. The van der Waals surface area contributed by atoms with Crippen molar-refractivity contribution in [2.75, 3.05) is 19.8 Å². The van der Waals surface area contributed by atoms with E-state index >= 15 is 0 Å². The van der Waals surface area contributed by atoms with Gasteiger partial charge in [0, 0.05) is 64.8 Å². The summed E-state index contributed by atoms with van der Waals surface area (Å²) in [5, 5.41) is 6.57. The molecular weight excluding hydrogens is 484 g/mol. The molecule has 3 N–H and O–H groups in total. The van der Waals surface area contributed by atoms with E-state index < -0.39 is 11.6 Å². The molecule has 4 rings (SSSR count). The number of hydrogen-bond acceptors (Lipinski definition) is 3. The molecule has 1 aliphatic rings. The van der Waals surface area contributed by atoms with Crippen LogP contribution in [0.5, 0.6) is 0 Å². The summed E-state index contributed by atoms with van der Waals surface area (Å²) in [5.74, 6) is -1.29. The lowest BCUT2D eigenvalue weighted by molar-refractivity contribution is 0.0953. The maximum atomic E-state index is 14.8. The molecule has 2 heterocycles. The molecule has 202 valence electrons. The summed E-state index contributed by atoms with van der Waals surface area (Å²) in [6, 6.07) is 8.58. The molecule has 38 heavy (non-hydrogen) atoms. The molecule has 1 amide bonds. The normalized spacial score (nSPS) is 12.6. The average Bonchev–Trinajstić information content (AvgIpc) is 3.29. The number of ether oxygens (including phenoxy) is 1. The highest BCUT2D eigenvalue weighted by molar-refractivity contribution is 6.07. The highest BCUT2D eigenvalue weighted by Crippen LogP contribution is 2.40. The molecule has 0 unspecified atom stereocenters. The van der Waals surface area contributed by atoms with Gasteiger partial charge in [0.15, 0.2) is 0 Å². The number of dihydropyridines is 1. The Morgan fingerprint density at radius 2 is 1.79 bits per heavy atom. The van der Waals surface area contributed by atoms with Crippen LogP contribution >= 0.6 is 0 Å². The number of aromatic amines is 1. The Morgan fingerprint density at radius 3 is 2.47 bits per heavy atom. The number of nitrogens with one attached hydrogen (secondary N) is 3. The van der Waals surface area contributed by atoms with Gasteiger partial charge in [-0.25, -0.2) is 8.78 Å². The Hall–Kier alpha value is -3.71. The van der Waals surface area contributed by atoms with Gasteiger partial charge >= 0.3 is 0 Å². The van der Waals surface area contributed by atoms with Gasteiger partial charge in [0.25, 0.3) is 5.91 Å². The van der Waals surface area contributed by atoms with E-state index in [-0.39, 0.29) is 11.5 Å². The van der Waals surface area contributed by atoms with Gasteiger partial charge in [0.1, 0.15) is 11.6 Å². The molecular formula is C31H37F2N3O2. The molecule has 0 saturated carbocycles. The van der Waals surface area contributed by atoms with E-state index in [1.165, 1.54) is 6.07 Å². The molecule has 0 spiro atoms. The highest BCUT2D eigenvalue weighted by Gasteiger charge is 2.22. The van der Waals surface area contributed by atoms with Crippen LogP contribution in [0.2, 0.25) is 0 Å². The minimum atomic E-state index is -0.549. The third-order valence-electron chi connectivity index (χ3n) is 5.98. The Bertz CT molecular complexity index is 1320. The van der Waals surface area contributed by atoms with Crippen LogP contribution in [-0.4, -0.2) is 30.6 Å². The third-order valence-corrected chi connectivity index (χ3v) is 5.98. The van der Waals surface area contributed by atoms with Crippen molar-refractivity contribution in [3.63, 3.8) is 0 Å². The number of carbonyl (C=O) groups is 1. The van der Waals surface area contributed by atoms with Crippen molar-refractivity contribution in [2.45, 2.75) is 46.5 Å². The lowest BCUT2D eigenvalue weighted by atomic mass is 9.95. The van der Waals surface area contributed by atoms with Crippen LogP contribution in [0.15, 0.2) is 67.0 Å². The topological polar surface area (TPSA) is 66.2 Å². The van der Waals surface area contributed by atoms with E-state index in [0.717, 1.165) is 56.6 Å². The first kappa shape index (κ1) is 28.9. The van der Waals surface area contributed by atoms with E-state index in [4.69, 9.17) is 4.74 Å². The minimum absolute atomic E-state index is 0.119. The summed E-state index contributed by atoms with van der Waals surface area (Å²) in [6.07, 6.45) is 9.55. The van der Waals surface area contributed by atoms with Crippen molar-refractivity contribution >= 4 is 22.4 Å². The maximum absolute atomic E-state index is 14.8. The van der Waals surface area contributed by atoms with Gasteiger partial charge < -0.3 is 20.4 Å². The number of unbranched alkanes of at least 4 members (excludes halogenated alkanes) is 1. The quantitative estimate of drug-likeness (QED) is 0.242. The number of allylic oxidation sites excluding steroid dienone is 3. The number of benzene rings is 2. The predicted octanol–water partition coefficient (Wildman–Crippen LogP) is 7.48. The Kier molecular flexibility index (Phi) is 10.8. The molecule has 0 saturated heterocycles. The number of fused-ring (bicyclic) bond motifs is 1. The molecule has 3 aromatic rings. The number of hydrogen-bond donors (Lipinski definition) is 3. The standard InChI is InChI=1S/C25H23F2N3O.C6H14O/c1-3-4-11-29-25(31)16-7-10-22-20(13-16)23(19-14-17(26)8-9-21(19)27)24(30-22)18-6-5-12-28-15(18)2;1-3-5-7-6-4-2/h5-10,12-14,28,30H,2-4,11H2,1H3,(H,29,31);3-6H2,1-2H3. The van der Waals surface area contributed by atoms with Gasteiger partial charge in [0.2, 0.25) is 0 Å². The number of amides is 1. The van der Waals surface area contributed by atoms with E-state index in [1.807, 2.05) is 12.2 Å². The van der Waals surface area contributed by atoms with Crippen LogP contribution in [0.3, 0.4) is 0 Å². The van der Waals surface area contributed by atoms with Crippen LogP contribution in [-0.2, 0) is 4.74 Å². The SMILES string of the molecule is C=C1NC=CC=C1c1[nH]c2ccc(C(=O)NCCCC)cc2c1-c1cc(F)ccc1F.CCCOCCC. The minimum Gasteiger partial charge on any atom is -0.381 e. The van der Waals surface area contributed by atoms with E-state index in [0.29, 0.717) is 40.0 Å². The predicted molar refractivity (Wildman–Crippen MR) is 152 cm³/mol. The van der Waals surface area contributed by atoms with Crippen molar-refractivity contribution in [3.8, 4) is 11.1 Å². The second-order valence-electron chi connectivity index (χ2n) is 9.04. The fourth-order valence-electron chi connectivity index (χ4n) is 4.08. The monoisotopic (exact) mass is 521 g/mol. The van der Waals surface area contributed by atoms with Crippen molar-refractivity contribution < 1.29 is 18.3 Å². The van der Waals surface area contributed by atoms with Crippen molar-refractivity contribution in [1.82, 2.24) is 15.6 Å². The molecule has 1 aliphatic heterocycles. The lowest BCUT2D eigenvalue weighted by Crippen LogP contribution is -2.24. The van der Waals surface area contributed by atoms with Gasteiger partial charge in [-0.3, -0.25) is 4.79 Å². The van der Waals surface area contributed by atoms with Gasteiger partial charge in [-0.2, -0.15) is 0 Å². The molecule has 0 aliphatic carbocycles. The number of halogens is 2. The zero-order valence-corrected chi connectivity index (χ0v) is 22.4. The van der Waals surface area contributed by atoms with Gasteiger partial charge in [0.05, 0.1) is 5.69 Å². The Morgan fingerprint density at radius 1 is 1.03 bits per heavy atom. The van der Waals surface area contributed by atoms with Crippen LogP contribution in [0.4, 0.5) is 8.78 Å². The van der Waals surface area contributed by atoms with Gasteiger partial charge in [-0.05, 0) is 67.8 Å². The second kappa shape index (κ2) is 14.3. The summed E-state index contributed by atoms with van der Waals surface area (Å²) < 4.78 is 34.0. The number of H-pyrrole nitrogens is 1. The highest BCUT2D eigenvalue weighted by atomic mass is 19.1. The summed E-state index contributed by atoms with van der Waals surface area (Å²) in [6.45, 7) is 12.8. The summed E-state index contributed by atoms with van der Waals surface area (Å²) in [5.41, 5.74) is 3.73. The first-order valence-corrected chi connectivity index (χ1v) is 13.2. The maximum Gasteiger partial charge on any atom is 0.251 e. The van der Waals surface area contributed by atoms with E-state index in [2.05, 4.69) is 43.0 Å². The van der Waals surface area contributed by atoms with Crippen LogP contribution in [0.25, 0.3) is 27.6 Å². The second-order valence-corrected chi connectivity index (χ2v) is 9.04. The molecule has 0 radical (unpaired) electrons. The van der Waals surface area contributed by atoms with Crippen molar-refractivity contribution in [2.24, 2.45) is 0 Å². The van der Waals surface area contributed by atoms with E-state index in [1.54, 1.807) is 24.4 Å². The van der Waals surface area contributed by atoms with Crippen LogP contribution in [0, 0.1) is 11.6 Å². The lowest BCUT2D eigenvalue weighted by Gasteiger charge is -2.15. The summed E-state index contributed by atoms with van der Waals surface area (Å²) in [7, 11) is 0. The fraction of sp³-hybridized carbons (Fsp3) is 0.323. The third kappa shape index (κ3) is 7.19. The number of aromatic nitrogens is 1. The fourth-order valence-corrected chi connectivity index (χ4v) is 4.08. The molecule has 1 aromatic heterocycles. The summed E-state index contributed by atoms with van der Waals surface area (Å²) >= 11 is 0. The summed E-state index contributed by atoms with van der Waals surface area (Å²) in [4.78, 5) is 15.9. The molecule has 5 nitrogen and oxygen atoms in total. The zero-order valence-electron chi connectivity index (χ0n) is 22.4. The Balaban J connectivity index is 0.000000505. The van der Waals surface area contributed by atoms with Gasteiger partial charge in [-0.15, -0.1) is 0 Å².